The summed E-state index contributed by atoms with van der Waals surface area (Å²) in [7, 11) is -3.50. The third kappa shape index (κ3) is 4.93. The fourth-order valence-corrected chi connectivity index (χ4v) is 2.91. The number of hydrogen-bond acceptors (Lipinski definition) is 4. The zero-order valence-electron chi connectivity index (χ0n) is 11.8. The van der Waals surface area contributed by atoms with Gasteiger partial charge in [-0.05, 0) is 30.5 Å². The molecule has 0 atom stereocenters. The Bertz CT molecular complexity index is 569. The van der Waals surface area contributed by atoms with Crippen LogP contribution in [0, 0.1) is 11.3 Å². The van der Waals surface area contributed by atoms with E-state index in [-0.39, 0.29) is 12.3 Å². The van der Waals surface area contributed by atoms with Crippen molar-refractivity contribution in [3.63, 3.8) is 0 Å². The second-order valence-corrected chi connectivity index (χ2v) is 6.63. The third-order valence-corrected chi connectivity index (χ3v) is 4.67. The predicted octanol–water partition coefficient (Wildman–Crippen LogP) is 1.53. The Balaban J connectivity index is 2.68. The van der Waals surface area contributed by atoms with Gasteiger partial charge in [0.1, 0.15) is 0 Å². The molecule has 0 heterocycles. The SMILES string of the molecule is CCC(O)(CC)CNS(=O)(=O)Cc1ccc(C#N)cc1. The van der Waals surface area contributed by atoms with Crippen molar-refractivity contribution in [2.75, 3.05) is 6.54 Å². The van der Waals surface area contributed by atoms with Gasteiger partial charge in [-0.25, -0.2) is 13.1 Å². The van der Waals surface area contributed by atoms with Crippen LogP contribution >= 0.6 is 0 Å². The second kappa shape index (κ2) is 6.84. The molecule has 0 saturated carbocycles. The summed E-state index contributed by atoms with van der Waals surface area (Å²) in [5.41, 5.74) is 0.0936. The zero-order chi connectivity index (χ0) is 15.2. The Labute approximate surface area is 120 Å². The van der Waals surface area contributed by atoms with Crippen molar-refractivity contribution in [2.24, 2.45) is 0 Å². The van der Waals surface area contributed by atoms with Gasteiger partial charge in [-0.15, -0.1) is 0 Å². The normalized spacial score (nSPS) is 12.1. The molecule has 6 heteroatoms. The van der Waals surface area contributed by atoms with E-state index in [0.717, 1.165) is 0 Å². The van der Waals surface area contributed by atoms with Crippen LogP contribution in [0.15, 0.2) is 24.3 Å². The smallest absolute Gasteiger partial charge is 0.215 e. The van der Waals surface area contributed by atoms with Gasteiger partial charge in [0.2, 0.25) is 10.0 Å². The van der Waals surface area contributed by atoms with E-state index in [0.29, 0.717) is 24.0 Å². The minimum absolute atomic E-state index is 0.0125. The lowest BCUT2D eigenvalue weighted by atomic mass is 9.98. The lowest BCUT2D eigenvalue weighted by molar-refractivity contribution is 0.0377. The Morgan fingerprint density at radius 2 is 1.80 bits per heavy atom. The number of nitrogens with one attached hydrogen (secondary N) is 1. The lowest BCUT2D eigenvalue weighted by Crippen LogP contribution is -2.42. The Morgan fingerprint density at radius 3 is 2.25 bits per heavy atom. The molecule has 0 aliphatic carbocycles. The van der Waals surface area contributed by atoms with Crippen molar-refractivity contribution in [1.82, 2.24) is 4.72 Å². The van der Waals surface area contributed by atoms with Gasteiger partial charge in [0.25, 0.3) is 0 Å². The molecule has 1 rings (SSSR count). The minimum atomic E-state index is -3.50. The van der Waals surface area contributed by atoms with Gasteiger partial charge in [0, 0.05) is 6.54 Å². The average molecular weight is 296 g/mol. The number of benzene rings is 1. The summed E-state index contributed by atoms with van der Waals surface area (Å²) >= 11 is 0. The molecule has 0 spiro atoms. The number of nitrogens with zero attached hydrogens (tertiary/aromatic N) is 1. The second-order valence-electron chi connectivity index (χ2n) is 4.82. The standard InChI is InChI=1S/C14H20N2O3S/c1-3-14(17,4-2)11-16-20(18,19)10-13-7-5-12(9-15)6-8-13/h5-8,16-17H,3-4,10-11H2,1-2H3. The van der Waals surface area contributed by atoms with Gasteiger partial charge in [0.05, 0.1) is 23.0 Å². The predicted molar refractivity (Wildman–Crippen MR) is 77.3 cm³/mol. The largest absolute Gasteiger partial charge is 0.389 e. The van der Waals surface area contributed by atoms with E-state index in [2.05, 4.69) is 4.72 Å². The zero-order valence-corrected chi connectivity index (χ0v) is 12.6. The summed E-state index contributed by atoms with van der Waals surface area (Å²) in [6.07, 6.45) is 0.978. The highest BCUT2D eigenvalue weighted by Gasteiger charge is 2.24. The summed E-state index contributed by atoms with van der Waals surface area (Å²) in [5.74, 6) is -0.164. The molecule has 0 fully saturated rings. The topological polar surface area (TPSA) is 90.2 Å². The van der Waals surface area contributed by atoms with Gasteiger partial charge in [-0.3, -0.25) is 0 Å². The van der Waals surface area contributed by atoms with Crippen molar-refractivity contribution in [3.05, 3.63) is 35.4 Å². The molecular weight excluding hydrogens is 276 g/mol. The van der Waals surface area contributed by atoms with Gasteiger partial charge >= 0.3 is 0 Å². The molecule has 1 aromatic carbocycles. The Morgan fingerprint density at radius 1 is 1.25 bits per heavy atom. The van der Waals surface area contributed by atoms with Crippen molar-refractivity contribution in [1.29, 1.82) is 5.26 Å². The quantitative estimate of drug-likeness (QED) is 0.798. The molecule has 5 nitrogen and oxygen atoms in total. The first-order valence-electron chi connectivity index (χ1n) is 6.53. The van der Waals surface area contributed by atoms with Crippen LogP contribution in [0.5, 0.6) is 0 Å². The van der Waals surface area contributed by atoms with Crippen LogP contribution < -0.4 is 4.72 Å². The summed E-state index contributed by atoms with van der Waals surface area (Å²) in [6, 6.07) is 8.37. The summed E-state index contributed by atoms with van der Waals surface area (Å²) < 4.78 is 26.3. The third-order valence-electron chi connectivity index (χ3n) is 3.38. The maximum absolute atomic E-state index is 11.9. The van der Waals surface area contributed by atoms with Crippen molar-refractivity contribution >= 4 is 10.0 Å². The molecule has 0 aromatic heterocycles. The molecule has 20 heavy (non-hydrogen) atoms. The number of sulfonamides is 1. The van der Waals surface area contributed by atoms with E-state index in [1.807, 2.05) is 19.9 Å². The highest BCUT2D eigenvalue weighted by atomic mass is 32.2. The van der Waals surface area contributed by atoms with Gasteiger partial charge < -0.3 is 5.11 Å². The number of aliphatic hydroxyl groups is 1. The fraction of sp³-hybridized carbons (Fsp3) is 0.500. The van der Waals surface area contributed by atoms with E-state index < -0.39 is 15.6 Å². The van der Waals surface area contributed by atoms with E-state index in [4.69, 9.17) is 5.26 Å². The van der Waals surface area contributed by atoms with Crippen molar-refractivity contribution < 1.29 is 13.5 Å². The molecule has 0 aliphatic rings. The van der Waals surface area contributed by atoms with E-state index in [1.54, 1.807) is 24.3 Å². The maximum atomic E-state index is 11.9. The molecule has 0 aliphatic heterocycles. The highest BCUT2D eigenvalue weighted by molar-refractivity contribution is 7.88. The Hall–Kier alpha value is -1.42. The molecule has 0 bridgehead atoms. The molecule has 110 valence electrons. The van der Waals surface area contributed by atoms with E-state index in [1.165, 1.54) is 0 Å². The highest BCUT2D eigenvalue weighted by Crippen LogP contribution is 2.14. The van der Waals surface area contributed by atoms with E-state index >= 15 is 0 Å². The minimum Gasteiger partial charge on any atom is -0.389 e. The molecular formula is C14H20N2O3S. The van der Waals surface area contributed by atoms with E-state index in [9.17, 15) is 13.5 Å². The fourth-order valence-electron chi connectivity index (χ4n) is 1.69. The van der Waals surface area contributed by atoms with Crippen LogP contribution in [0.25, 0.3) is 0 Å². The van der Waals surface area contributed by atoms with Crippen LogP contribution in [0.4, 0.5) is 0 Å². The molecule has 2 N–H and O–H groups in total. The first kappa shape index (κ1) is 16.6. The maximum Gasteiger partial charge on any atom is 0.215 e. The van der Waals surface area contributed by atoms with Crippen molar-refractivity contribution in [3.8, 4) is 6.07 Å². The molecule has 0 amide bonds. The lowest BCUT2D eigenvalue weighted by Gasteiger charge is -2.25. The molecule has 0 radical (unpaired) electrons. The average Bonchev–Trinajstić information content (AvgIpc) is 2.45. The first-order valence-corrected chi connectivity index (χ1v) is 8.18. The monoisotopic (exact) mass is 296 g/mol. The Kier molecular flexibility index (Phi) is 5.69. The van der Waals surface area contributed by atoms with Crippen LogP contribution in [0.2, 0.25) is 0 Å². The van der Waals surface area contributed by atoms with Crippen molar-refractivity contribution in [2.45, 2.75) is 38.0 Å². The number of nitriles is 1. The summed E-state index contributed by atoms with van der Waals surface area (Å²) in [5, 5.41) is 18.7. The van der Waals surface area contributed by atoms with Crippen LogP contribution in [0.3, 0.4) is 0 Å². The van der Waals surface area contributed by atoms with Crippen LogP contribution in [0.1, 0.15) is 37.8 Å². The first-order chi connectivity index (χ1) is 9.34. The van der Waals surface area contributed by atoms with Gasteiger partial charge in [0.15, 0.2) is 0 Å². The van der Waals surface area contributed by atoms with Crippen LogP contribution in [-0.2, 0) is 15.8 Å². The molecule has 0 unspecified atom stereocenters. The number of rotatable bonds is 7. The van der Waals surface area contributed by atoms with Gasteiger partial charge in [-0.2, -0.15) is 5.26 Å². The molecule has 1 aromatic rings. The summed E-state index contributed by atoms with van der Waals surface area (Å²) in [6.45, 7) is 3.65. The van der Waals surface area contributed by atoms with Crippen LogP contribution in [-0.4, -0.2) is 25.7 Å². The molecule has 0 saturated heterocycles. The number of hydrogen-bond donors (Lipinski definition) is 2. The van der Waals surface area contributed by atoms with Gasteiger partial charge in [-0.1, -0.05) is 26.0 Å². The summed E-state index contributed by atoms with van der Waals surface area (Å²) in [4.78, 5) is 0.